The first-order valence-electron chi connectivity index (χ1n) is 8.11. The summed E-state index contributed by atoms with van der Waals surface area (Å²) in [6.45, 7) is -0.304. The van der Waals surface area contributed by atoms with Crippen LogP contribution in [-0.2, 0) is 9.59 Å². The Kier molecular flexibility index (Phi) is 6.33. The minimum atomic E-state index is -4.49. The maximum absolute atomic E-state index is 12.4. The Balaban J connectivity index is 1.96. The molecule has 1 amide bonds. The third kappa shape index (κ3) is 6.12. The number of alkyl halides is 3. The van der Waals surface area contributed by atoms with E-state index in [9.17, 15) is 22.8 Å². The van der Waals surface area contributed by atoms with Crippen molar-refractivity contribution in [3.05, 3.63) is 24.3 Å². The molecule has 1 saturated carbocycles. The lowest BCUT2D eigenvalue weighted by molar-refractivity contribution is -0.154. The van der Waals surface area contributed by atoms with Crippen LogP contribution in [0, 0.1) is 5.92 Å². The van der Waals surface area contributed by atoms with Crippen molar-refractivity contribution in [2.75, 3.05) is 19.8 Å². The van der Waals surface area contributed by atoms with Crippen molar-refractivity contribution >= 4 is 11.9 Å². The first kappa shape index (κ1) is 19.9. The Bertz CT molecular complexity index is 646. The number of benzene rings is 1. The van der Waals surface area contributed by atoms with Crippen LogP contribution in [0.25, 0.3) is 0 Å². The van der Waals surface area contributed by atoms with E-state index in [1.165, 1.54) is 30.0 Å². The molecule has 1 atom stereocenters. The first-order chi connectivity index (χ1) is 12.2. The van der Waals surface area contributed by atoms with Gasteiger partial charge in [-0.3, -0.25) is 9.59 Å². The van der Waals surface area contributed by atoms with E-state index in [2.05, 4.69) is 0 Å². The highest BCUT2D eigenvalue weighted by atomic mass is 19.4. The van der Waals surface area contributed by atoms with Crippen molar-refractivity contribution in [1.29, 1.82) is 0 Å². The molecule has 0 aromatic heterocycles. The maximum atomic E-state index is 12.4. The van der Waals surface area contributed by atoms with E-state index in [1.807, 2.05) is 0 Å². The number of carbonyl (C=O) groups excluding carboxylic acids is 1. The molecule has 26 heavy (non-hydrogen) atoms. The number of halogens is 3. The molecular formula is C17H20F3NO5. The Morgan fingerprint density at radius 3 is 2.31 bits per heavy atom. The highest BCUT2D eigenvalue weighted by Crippen LogP contribution is 2.30. The Morgan fingerprint density at radius 1 is 1.23 bits per heavy atom. The summed E-state index contributed by atoms with van der Waals surface area (Å²) in [7, 11) is 0. The second-order valence-electron chi connectivity index (χ2n) is 6.16. The van der Waals surface area contributed by atoms with Crippen molar-refractivity contribution in [3.63, 3.8) is 0 Å². The Labute approximate surface area is 148 Å². The number of hydrogen-bond acceptors (Lipinski definition) is 4. The lowest BCUT2D eigenvalue weighted by Gasteiger charge is -2.24. The van der Waals surface area contributed by atoms with Gasteiger partial charge in [0.1, 0.15) is 0 Å². The SMILES string of the molecule is CC(CN(C(=O)COc1ccccc1OCC(F)(F)F)C1CC1)C(=O)O. The van der Waals surface area contributed by atoms with Gasteiger partial charge in [0.25, 0.3) is 5.91 Å². The molecule has 1 fully saturated rings. The predicted octanol–water partition coefficient (Wildman–Crippen LogP) is 2.72. The van der Waals surface area contributed by atoms with E-state index in [0.29, 0.717) is 0 Å². The molecule has 1 aliphatic carbocycles. The zero-order chi connectivity index (χ0) is 19.3. The van der Waals surface area contributed by atoms with Crippen LogP contribution < -0.4 is 9.47 Å². The van der Waals surface area contributed by atoms with Crippen LogP contribution in [0.5, 0.6) is 11.5 Å². The van der Waals surface area contributed by atoms with Crippen molar-refractivity contribution < 1.29 is 37.3 Å². The molecular weight excluding hydrogens is 355 g/mol. The summed E-state index contributed by atoms with van der Waals surface area (Å²) in [5.74, 6) is -2.23. The van der Waals surface area contributed by atoms with Gasteiger partial charge in [0.05, 0.1) is 5.92 Å². The van der Waals surface area contributed by atoms with Crippen LogP contribution in [0.15, 0.2) is 24.3 Å². The molecule has 0 radical (unpaired) electrons. The smallest absolute Gasteiger partial charge is 0.422 e. The molecule has 0 aliphatic heterocycles. The number of aliphatic carboxylic acids is 1. The van der Waals surface area contributed by atoms with Crippen LogP contribution in [0.3, 0.4) is 0 Å². The number of rotatable bonds is 9. The Hall–Kier alpha value is -2.45. The van der Waals surface area contributed by atoms with Crippen LogP contribution in [0.1, 0.15) is 19.8 Å². The standard InChI is InChI=1S/C17H20F3NO5/c1-11(16(23)24)8-21(12-6-7-12)15(22)9-25-13-4-2-3-5-14(13)26-10-17(18,19)20/h2-5,11-12H,6-10H2,1H3,(H,23,24). The Morgan fingerprint density at radius 2 is 1.81 bits per heavy atom. The van der Waals surface area contributed by atoms with Crippen molar-refractivity contribution in [3.8, 4) is 11.5 Å². The fraction of sp³-hybridized carbons (Fsp3) is 0.529. The molecule has 0 spiro atoms. The number of amides is 1. The highest BCUT2D eigenvalue weighted by molar-refractivity contribution is 5.79. The molecule has 1 aromatic rings. The lowest BCUT2D eigenvalue weighted by Crippen LogP contribution is -2.41. The van der Waals surface area contributed by atoms with Gasteiger partial charge in [-0.25, -0.2) is 0 Å². The van der Waals surface area contributed by atoms with Gasteiger partial charge < -0.3 is 19.5 Å². The molecule has 0 heterocycles. The van der Waals surface area contributed by atoms with E-state index in [-0.39, 0.29) is 24.1 Å². The van der Waals surface area contributed by atoms with E-state index < -0.39 is 37.2 Å². The molecule has 2 rings (SSSR count). The number of carboxylic acid groups (broad SMARTS) is 1. The van der Waals surface area contributed by atoms with Gasteiger partial charge in [0.15, 0.2) is 24.7 Å². The number of ether oxygens (including phenoxy) is 2. The molecule has 144 valence electrons. The monoisotopic (exact) mass is 375 g/mol. The third-order valence-electron chi connectivity index (χ3n) is 3.79. The van der Waals surface area contributed by atoms with Gasteiger partial charge in [-0.2, -0.15) is 13.2 Å². The number of para-hydroxylation sites is 2. The van der Waals surface area contributed by atoms with Crippen LogP contribution in [0.2, 0.25) is 0 Å². The van der Waals surface area contributed by atoms with Gasteiger partial charge in [0, 0.05) is 12.6 Å². The van der Waals surface area contributed by atoms with Crippen LogP contribution >= 0.6 is 0 Å². The fourth-order valence-electron chi connectivity index (χ4n) is 2.28. The van der Waals surface area contributed by atoms with Crippen LogP contribution in [-0.4, -0.2) is 53.9 Å². The minimum absolute atomic E-state index is 0.00961. The average molecular weight is 375 g/mol. The summed E-state index contributed by atoms with van der Waals surface area (Å²) < 4.78 is 46.9. The van der Waals surface area contributed by atoms with Crippen molar-refractivity contribution in [2.45, 2.75) is 32.0 Å². The topological polar surface area (TPSA) is 76.1 Å². The molecule has 1 unspecified atom stereocenters. The average Bonchev–Trinajstić information content (AvgIpc) is 3.40. The van der Waals surface area contributed by atoms with Gasteiger partial charge in [-0.15, -0.1) is 0 Å². The highest BCUT2D eigenvalue weighted by Gasteiger charge is 2.34. The minimum Gasteiger partial charge on any atom is -0.481 e. The lowest BCUT2D eigenvalue weighted by atomic mass is 10.1. The van der Waals surface area contributed by atoms with Gasteiger partial charge in [0.2, 0.25) is 0 Å². The van der Waals surface area contributed by atoms with E-state index in [1.54, 1.807) is 6.07 Å². The fourth-order valence-corrected chi connectivity index (χ4v) is 2.28. The second kappa shape index (κ2) is 8.29. The third-order valence-corrected chi connectivity index (χ3v) is 3.79. The molecule has 1 aromatic carbocycles. The maximum Gasteiger partial charge on any atom is 0.422 e. The van der Waals surface area contributed by atoms with Crippen molar-refractivity contribution in [1.82, 2.24) is 4.90 Å². The number of carboxylic acids is 1. The van der Waals surface area contributed by atoms with Gasteiger partial charge >= 0.3 is 12.1 Å². The normalized spacial score (nSPS) is 15.2. The van der Waals surface area contributed by atoms with Crippen LogP contribution in [0.4, 0.5) is 13.2 Å². The van der Waals surface area contributed by atoms with E-state index in [0.717, 1.165) is 12.8 Å². The molecule has 1 aliphatic rings. The molecule has 0 bridgehead atoms. The molecule has 9 heteroatoms. The zero-order valence-corrected chi connectivity index (χ0v) is 14.2. The van der Waals surface area contributed by atoms with Gasteiger partial charge in [-0.05, 0) is 25.0 Å². The van der Waals surface area contributed by atoms with Crippen molar-refractivity contribution in [2.24, 2.45) is 5.92 Å². The second-order valence-corrected chi connectivity index (χ2v) is 6.16. The first-order valence-corrected chi connectivity index (χ1v) is 8.11. The quantitative estimate of drug-likeness (QED) is 0.718. The molecule has 1 N–H and O–H groups in total. The summed E-state index contributed by atoms with van der Waals surface area (Å²) in [5, 5.41) is 9.01. The van der Waals surface area contributed by atoms with E-state index >= 15 is 0 Å². The van der Waals surface area contributed by atoms with Gasteiger partial charge in [-0.1, -0.05) is 19.1 Å². The number of carbonyl (C=O) groups is 2. The zero-order valence-electron chi connectivity index (χ0n) is 14.2. The molecule has 6 nitrogen and oxygen atoms in total. The summed E-state index contributed by atoms with van der Waals surface area (Å²) >= 11 is 0. The summed E-state index contributed by atoms with van der Waals surface area (Å²) in [4.78, 5) is 24.8. The summed E-state index contributed by atoms with van der Waals surface area (Å²) in [5.41, 5.74) is 0. The summed E-state index contributed by atoms with van der Waals surface area (Å²) in [6, 6.07) is 5.75. The largest absolute Gasteiger partial charge is 0.481 e. The molecule has 0 saturated heterocycles. The number of nitrogens with zero attached hydrogens (tertiary/aromatic N) is 1. The predicted molar refractivity (Wildman–Crippen MR) is 85.0 cm³/mol. The summed E-state index contributed by atoms with van der Waals surface area (Å²) in [6.07, 6.45) is -2.90. The number of hydrogen-bond donors (Lipinski definition) is 1. The van der Waals surface area contributed by atoms with E-state index in [4.69, 9.17) is 14.6 Å².